The van der Waals surface area contributed by atoms with E-state index < -0.39 is 15.8 Å². The molecule has 3 aromatic rings. The van der Waals surface area contributed by atoms with Crippen molar-refractivity contribution in [2.45, 2.75) is 17.7 Å². The minimum absolute atomic E-state index is 0.0330. The highest BCUT2D eigenvalue weighted by molar-refractivity contribution is 7.89. The first-order valence-corrected chi connectivity index (χ1v) is 11.2. The molecule has 8 heteroatoms. The fourth-order valence-electron chi connectivity index (χ4n) is 3.27. The number of nitrogens with one attached hydrogen (secondary N) is 1. The number of nitrogens with zero attached hydrogens (tertiary/aromatic N) is 2. The first-order valence-electron chi connectivity index (χ1n) is 8.87. The monoisotopic (exact) mass is 405 g/mol. The minimum Gasteiger partial charge on any atom is -0.348 e. The largest absolute Gasteiger partial charge is 0.348 e. The molecule has 0 saturated carbocycles. The highest BCUT2D eigenvalue weighted by atomic mass is 32.2. The SMILES string of the molecule is O=S(=O)(NCC1CCN(c2nc3ccccc3s2)CC1)c1cccc(F)c1. The van der Waals surface area contributed by atoms with E-state index in [4.69, 9.17) is 4.98 Å². The van der Waals surface area contributed by atoms with Gasteiger partial charge in [-0.25, -0.2) is 22.5 Å². The molecule has 2 aromatic carbocycles. The smallest absolute Gasteiger partial charge is 0.240 e. The Bertz CT molecular complexity index is 1010. The summed E-state index contributed by atoms with van der Waals surface area (Å²) in [7, 11) is -3.68. The van der Waals surface area contributed by atoms with E-state index in [0.717, 1.165) is 42.6 Å². The fraction of sp³-hybridized carbons (Fsp3) is 0.316. The number of para-hydroxylation sites is 1. The summed E-state index contributed by atoms with van der Waals surface area (Å²) in [5.41, 5.74) is 1.02. The van der Waals surface area contributed by atoms with E-state index in [1.165, 1.54) is 22.9 Å². The van der Waals surface area contributed by atoms with Gasteiger partial charge in [-0.05, 0) is 49.1 Å². The Labute approximate surface area is 161 Å². The van der Waals surface area contributed by atoms with Crippen molar-refractivity contribution < 1.29 is 12.8 Å². The van der Waals surface area contributed by atoms with Crippen molar-refractivity contribution >= 4 is 36.7 Å². The molecule has 0 spiro atoms. The van der Waals surface area contributed by atoms with Gasteiger partial charge in [0, 0.05) is 19.6 Å². The molecule has 0 bridgehead atoms. The van der Waals surface area contributed by atoms with E-state index in [-0.39, 0.29) is 10.8 Å². The maximum Gasteiger partial charge on any atom is 0.240 e. The molecular weight excluding hydrogens is 385 g/mol. The Hall–Kier alpha value is -2.03. The fourth-order valence-corrected chi connectivity index (χ4v) is 5.43. The third kappa shape index (κ3) is 4.12. The lowest BCUT2D eigenvalue weighted by Gasteiger charge is -2.31. The van der Waals surface area contributed by atoms with Crippen LogP contribution in [-0.4, -0.2) is 33.0 Å². The number of benzene rings is 2. The maximum absolute atomic E-state index is 13.3. The number of aromatic nitrogens is 1. The normalized spacial score (nSPS) is 16.1. The Kier molecular flexibility index (Phi) is 5.12. The van der Waals surface area contributed by atoms with Crippen molar-refractivity contribution in [3.05, 3.63) is 54.3 Å². The summed E-state index contributed by atoms with van der Waals surface area (Å²) in [5.74, 6) is -0.291. The summed E-state index contributed by atoms with van der Waals surface area (Å²) >= 11 is 1.69. The first kappa shape index (κ1) is 18.3. The number of hydrogen-bond acceptors (Lipinski definition) is 5. The van der Waals surface area contributed by atoms with E-state index in [1.54, 1.807) is 11.3 Å². The van der Waals surface area contributed by atoms with Gasteiger partial charge in [-0.2, -0.15) is 0 Å². The number of piperidine rings is 1. The molecule has 142 valence electrons. The Morgan fingerprint density at radius 1 is 1.15 bits per heavy atom. The molecular formula is C19H20FN3O2S2. The Morgan fingerprint density at radius 2 is 1.93 bits per heavy atom. The molecule has 27 heavy (non-hydrogen) atoms. The minimum atomic E-state index is -3.68. The molecule has 1 aliphatic rings. The van der Waals surface area contributed by atoms with Crippen LogP contribution in [-0.2, 0) is 10.0 Å². The van der Waals surface area contributed by atoms with Crippen LogP contribution < -0.4 is 9.62 Å². The van der Waals surface area contributed by atoms with Gasteiger partial charge in [-0.15, -0.1) is 0 Å². The van der Waals surface area contributed by atoms with Crippen molar-refractivity contribution in [2.24, 2.45) is 5.92 Å². The van der Waals surface area contributed by atoms with Crippen LogP contribution in [0, 0.1) is 11.7 Å². The highest BCUT2D eigenvalue weighted by Crippen LogP contribution is 2.31. The number of sulfonamides is 1. The second-order valence-corrected chi connectivity index (χ2v) is 9.48. The Morgan fingerprint density at radius 3 is 2.67 bits per heavy atom. The Balaban J connectivity index is 1.34. The van der Waals surface area contributed by atoms with E-state index in [0.29, 0.717) is 6.54 Å². The summed E-state index contributed by atoms with van der Waals surface area (Å²) in [6.07, 6.45) is 1.78. The molecule has 1 N–H and O–H groups in total. The number of fused-ring (bicyclic) bond motifs is 1. The number of anilines is 1. The summed E-state index contributed by atoms with van der Waals surface area (Å²) in [6.45, 7) is 2.07. The third-order valence-corrected chi connectivity index (χ3v) is 7.35. The van der Waals surface area contributed by atoms with Crippen molar-refractivity contribution in [2.75, 3.05) is 24.5 Å². The summed E-state index contributed by atoms with van der Waals surface area (Å²) < 4.78 is 41.7. The van der Waals surface area contributed by atoms with Crippen molar-refractivity contribution in [3.63, 3.8) is 0 Å². The van der Waals surface area contributed by atoms with Gasteiger partial charge in [0.2, 0.25) is 10.0 Å². The van der Waals surface area contributed by atoms with E-state index >= 15 is 0 Å². The highest BCUT2D eigenvalue weighted by Gasteiger charge is 2.23. The van der Waals surface area contributed by atoms with Crippen LogP contribution in [0.2, 0.25) is 0 Å². The standard InChI is InChI=1S/C19H20FN3O2S2/c20-15-4-3-5-16(12-15)27(24,25)21-13-14-8-10-23(11-9-14)19-22-17-6-1-2-7-18(17)26-19/h1-7,12,14,21H,8-11,13H2. The lowest BCUT2D eigenvalue weighted by atomic mass is 9.97. The molecule has 1 aliphatic heterocycles. The first-order chi connectivity index (χ1) is 13.0. The second-order valence-electron chi connectivity index (χ2n) is 6.70. The van der Waals surface area contributed by atoms with Gasteiger partial charge in [0.25, 0.3) is 0 Å². The van der Waals surface area contributed by atoms with Crippen molar-refractivity contribution in [3.8, 4) is 0 Å². The van der Waals surface area contributed by atoms with Gasteiger partial charge >= 0.3 is 0 Å². The summed E-state index contributed by atoms with van der Waals surface area (Å²) in [4.78, 5) is 6.93. The summed E-state index contributed by atoms with van der Waals surface area (Å²) in [5, 5.41) is 1.02. The van der Waals surface area contributed by atoms with E-state index in [2.05, 4.69) is 15.7 Å². The van der Waals surface area contributed by atoms with Gasteiger partial charge in [0.15, 0.2) is 5.13 Å². The van der Waals surface area contributed by atoms with Crippen LogP contribution in [0.5, 0.6) is 0 Å². The predicted octanol–water partition coefficient (Wildman–Crippen LogP) is 3.63. The molecule has 4 rings (SSSR count). The predicted molar refractivity (Wildman–Crippen MR) is 106 cm³/mol. The quantitative estimate of drug-likeness (QED) is 0.704. The second kappa shape index (κ2) is 7.53. The van der Waals surface area contributed by atoms with Crippen LogP contribution in [0.4, 0.5) is 9.52 Å². The average Bonchev–Trinajstić information content (AvgIpc) is 3.11. The number of hydrogen-bond donors (Lipinski definition) is 1. The number of thiazole rings is 1. The maximum atomic E-state index is 13.3. The molecule has 2 heterocycles. The van der Waals surface area contributed by atoms with Gasteiger partial charge in [0.1, 0.15) is 5.82 Å². The third-order valence-electron chi connectivity index (χ3n) is 4.84. The number of halogens is 1. The molecule has 1 aromatic heterocycles. The van der Waals surface area contributed by atoms with Crippen LogP contribution in [0.3, 0.4) is 0 Å². The zero-order valence-electron chi connectivity index (χ0n) is 14.6. The van der Waals surface area contributed by atoms with E-state index in [9.17, 15) is 12.8 Å². The molecule has 0 amide bonds. The molecule has 1 saturated heterocycles. The zero-order valence-corrected chi connectivity index (χ0v) is 16.3. The van der Waals surface area contributed by atoms with Crippen LogP contribution >= 0.6 is 11.3 Å². The van der Waals surface area contributed by atoms with Gasteiger partial charge < -0.3 is 4.90 Å². The lowest BCUT2D eigenvalue weighted by molar-refractivity contribution is 0.402. The van der Waals surface area contributed by atoms with E-state index in [1.807, 2.05) is 18.2 Å². The number of rotatable bonds is 5. The van der Waals surface area contributed by atoms with Gasteiger partial charge in [-0.3, -0.25) is 0 Å². The molecule has 0 aliphatic carbocycles. The van der Waals surface area contributed by atoms with Crippen LogP contribution in [0.15, 0.2) is 53.4 Å². The molecule has 0 atom stereocenters. The molecule has 1 fully saturated rings. The van der Waals surface area contributed by atoms with Crippen LogP contribution in [0.25, 0.3) is 10.2 Å². The van der Waals surface area contributed by atoms with Gasteiger partial charge in [-0.1, -0.05) is 29.5 Å². The lowest BCUT2D eigenvalue weighted by Crippen LogP contribution is -2.38. The topological polar surface area (TPSA) is 62.3 Å². The van der Waals surface area contributed by atoms with Crippen molar-refractivity contribution in [1.29, 1.82) is 0 Å². The van der Waals surface area contributed by atoms with Crippen molar-refractivity contribution in [1.82, 2.24) is 9.71 Å². The average molecular weight is 406 g/mol. The summed E-state index contributed by atoms with van der Waals surface area (Å²) in [6, 6.07) is 13.2. The molecule has 0 radical (unpaired) electrons. The molecule has 0 unspecified atom stereocenters. The zero-order chi connectivity index (χ0) is 18.9. The molecule has 5 nitrogen and oxygen atoms in total. The van der Waals surface area contributed by atoms with Crippen LogP contribution in [0.1, 0.15) is 12.8 Å². The van der Waals surface area contributed by atoms with Gasteiger partial charge in [0.05, 0.1) is 15.1 Å².